The fourth-order valence-electron chi connectivity index (χ4n) is 3.07. The lowest BCUT2D eigenvalue weighted by atomic mass is 10.1. The van der Waals surface area contributed by atoms with Crippen molar-refractivity contribution in [3.63, 3.8) is 0 Å². The van der Waals surface area contributed by atoms with Gasteiger partial charge in [0.2, 0.25) is 0 Å². The zero-order valence-electron chi connectivity index (χ0n) is 11.9. The van der Waals surface area contributed by atoms with E-state index in [1.807, 2.05) is 24.7 Å². The Morgan fingerprint density at radius 1 is 1.45 bits per heavy atom. The van der Waals surface area contributed by atoms with E-state index in [1.165, 1.54) is 19.4 Å². The predicted molar refractivity (Wildman–Crippen MR) is 80.1 cm³/mol. The fourth-order valence-corrected chi connectivity index (χ4v) is 3.07. The quantitative estimate of drug-likeness (QED) is 0.924. The second kappa shape index (κ2) is 5.63. The summed E-state index contributed by atoms with van der Waals surface area (Å²) in [6.07, 6.45) is 8.04. The summed E-state index contributed by atoms with van der Waals surface area (Å²) in [4.78, 5) is 11.0. The molecule has 0 amide bonds. The lowest BCUT2D eigenvalue weighted by Gasteiger charge is -2.24. The summed E-state index contributed by atoms with van der Waals surface area (Å²) < 4.78 is 2.20. The minimum absolute atomic E-state index is 0.563. The second-order valence-corrected chi connectivity index (χ2v) is 5.29. The van der Waals surface area contributed by atoms with Crippen molar-refractivity contribution in [2.75, 3.05) is 18.8 Å². The SMILES string of the molecule is CCN1CCCC1Cn1cncc1-c1cccnc1N. The van der Waals surface area contributed by atoms with Crippen LogP contribution in [0, 0.1) is 0 Å². The summed E-state index contributed by atoms with van der Waals surface area (Å²) >= 11 is 0. The van der Waals surface area contributed by atoms with Crippen LogP contribution >= 0.6 is 0 Å². The Labute approximate surface area is 119 Å². The van der Waals surface area contributed by atoms with E-state index >= 15 is 0 Å². The minimum atomic E-state index is 0.563. The zero-order valence-corrected chi connectivity index (χ0v) is 11.9. The van der Waals surface area contributed by atoms with Gasteiger partial charge in [-0.25, -0.2) is 9.97 Å². The Kier molecular flexibility index (Phi) is 3.69. The highest BCUT2D eigenvalue weighted by atomic mass is 15.2. The molecule has 1 unspecified atom stereocenters. The van der Waals surface area contributed by atoms with Crippen LogP contribution in [0.5, 0.6) is 0 Å². The first-order valence-electron chi connectivity index (χ1n) is 7.24. The number of hydrogen-bond acceptors (Lipinski definition) is 4. The molecule has 1 fully saturated rings. The number of nitrogen functional groups attached to an aromatic ring is 1. The van der Waals surface area contributed by atoms with Crippen LogP contribution in [0.1, 0.15) is 19.8 Å². The molecule has 106 valence electrons. The van der Waals surface area contributed by atoms with Crippen LogP contribution in [0.15, 0.2) is 30.9 Å². The number of nitrogens with zero attached hydrogens (tertiary/aromatic N) is 4. The molecule has 1 aliphatic heterocycles. The van der Waals surface area contributed by atoms with E-state index < -0.39 is 0 Å². The van der Waals surface area contributed by atoms with Crippen molar-refractivity contribution in [1.29, 1.82) is 0 Å². The third-order valence-electron chi connectivity index (χ3n) is 4.14. The molecule has 3 heterocycles. The maximum Gasteiger partial charge on any atom is 0.132 e. The normalized spacial score (nSPS) is 19.6. The van der Waals surface area contributed by atoms with Gasteiger partial charge in [-0.2, -0.15) is 0 Å². The van der Waals surface area contributed by atoms with Gasteiger partial charge in [0.25, 0.3) is 0 Å². The molecule has 20 heavy (non-hydrogen) atoms. The summed E-state index contributed by atoms with van der Waals surface area (Å²) in [5.74, 6) is 0.563. The number of hydrogen-bond donors (Lipinski definition) is 1. The van der Waals surface area contributed by atoms with E-state index in [4.69, 9.17) is 5.73 Å². The van der Waals surface area contributed by atoms with Gasteiger partial charge in [-0.15, -0.1) is 0 Å². The molecule has 0 radical (unpaired) electrons. The van der Waals surface area contributed by atoms with Gasteiger partial charge in [-0.1, -0.05) is 6.92 Å². The molecule has 0 bridgehead atoms. The van der Waals surface area contributed by atoms with Gasteiger partial charge in [0.05, 0.1) is 18.2 Å². The van der Waals surface area contributed by atoms with Gasteiger partial charge in [-0.3, -0.25) is 4.90 Å². The number of likely N-dealkylation sites (N-methyl/N-ethyl adjacent to an activating group) is 1. The number of pyridine rings is 1. The number of imidazole rings is 1. The van der Waals surface area contributed by atoms with E-state index in [2.05, 4.69) is 26.4 Å². The first-order chi connectivity index (χ1) is 9.79. The molecule has 2 aromatic heterocycles. The molecule has 5 heteroatoms. The smallest absolute Gasteiger partial charge is 0.132 e. The molecule has 5 nitrogen and oxygen atoms in total. The highest BCUT2D eigenvalue weighted by Crippen LogP contribution is 2.25. The minimum Gasteiger partial charge on any atom is -0.383 e. The predicted octanol–water partition coefficient (Wildman–Crippen LogP) is 2.01. The van der Waals surface area contributed by atoms with Gasteiger partial charge in [0.1, 0.15) is 5.82 Å². The molecule has 0 saturated carbocycles. The van der Waals surface area contributed by atoms with Crippen molar-refractivity contribution < 1.29 is 0 Å². The van der Waals surface area contributed by atoms with Gasteiger partial charge in [0, 0.05) is 24.3 Å². The summed E-state index contributed by atoms with van der Waals surface area (Å²) in [7, 11) is 0. The van der Waals surface area contributed by atoms with Crippen molar-refractivity contribution >= 4 is 5.82 Å². The molecule has 3 rings (SSSR count). The van der Waals surface area contributed by atoms with Crippen LogP contribution in [0.2, 0.25) is 0 Å². The van der Waals surface area contributed by atoms with Crippen molar-refractivity contribution in [1.82, 2.24) is 19.4 Å². The maximum absolute atomic E-state index is 5.98. The van der Waals surface area contributed by atoms with E-state index in [9.17, 15) is 0 Å². The number of likely N-dealkylation sites (tertiary alicyclic amines) is 1. The fraction of sp³-hybridized carbons (Fsp3) is 0.467. The Bertz CT molecular complexity index is 577. The molecule has 0 spiro atoms. The second-order valence-electron chi connectivity index (χ2n) is 5.29. The summed E-state index contributed by atoms with van der Waals surface area (Å²) in [5.41, 5.74) is 8.00. The highest BCUT2D eigenvalue weighted by molar-refractivity contribution is 5.70. The van der Waals surface area contributed by atoms with Crippen molar-refractivity contribution in [3.05, 3.63) is 30.9 Å². The van der Waals surface area contributed by atoms with Gasteiger partial charge in [-0.05, 0) is 38.1 Å². The third-order valence-corrected chi connectivity index (χ3v) is 4.14. The molecule has 1 saturated heterocycles. The number of nitrogens with two attached hydrogens (primary N) is 1. The number of aromatic nitrogens is 3. The number of rotatable bonds is 4. The third kappa shape index (κ3) is 2.41. The number of anilines is 1. The Balaban J connectivity index is 1.86. The molecule has 2 N–H and O–H groups in total. The first-order valence-corrected chi connectivity index (χ1v) is 7.24. The van der Waals surface area contributed by atoms with E-state index in [1.54, 1.807) is 6.20 Å². The van der Waals surface area contributed by atoms with Crippen LogP contribution in [0.4, 0.5) is 5.82 Å². The van der Waals surface area contributed by atoms with Crippen LogP contribution in [-0.2, 0) is 6.54 Å². The van der Waals surface area contributed by atoms with Crippen molar-refractivity contribution in [2.45, 2.75) is 32.4 Å². The first kappa shape index (κ1) is 13.1. The van der Waals surface area contributed by atoms with Crippen LogP contribution < -0.4 is 5.73 Å². The van der Waals surface area contributed by atoms with Crippen molar-refractivity contribution in [3.8, 4) is 11.3 Å². The molecule has 0 aliphatic carbocycles. The lowest BCUT2D eigenvalue weighted by molar-refractivity contribution is 0.245. The van der Waals surface area contributed by atoms with Gasteiger partial charge < -0.3 is 10.3 Å². The van der Waals surface area contributed by atoms with E-state index in [0.717, 1.165) is 24.3 Å². The molecule has 1 atom stereocenters. The van der Waals surface area contributed by atoms with Crippen LogP contribution in [-0.4, -0.2) is 38.6 Å². The molecule has 0 aromatic carbocycles. The standard InChI is InChI=1S/C15H21N5/c1-2-19-8-4-5-12(19)10-20-11-17-9-14(20)13-6-3-7-18-15(13)16/h3,6-7,9,11-12H,2,4-5,8,10H2,1H3,(H2,16,18). The Morgan fingerprint density at radius 3 is 3.15 bits per heavy atom. The van der Waals surface area contributed by atoms with E-state index in [0.29, 0.717) is 11.9 Å². The maximum atomic E-state index is 5.98. The average Bonchev–Trinajstić information content (AvgIpc) is 3.09. The van der Waals surface area contributed by atoms with E-state index in [-0.39, 0.29) is 0 Å². The molecular weight excluding hydrogens is 250 g/mol. The average molecular weight is 271 g/mol. The zero-order chi connectivity index (χ0) is 13.9. The summed E-state index contributed by atoms with van der Waals surface area (Å²) in [6, 6.07) is 4.52. The Morgan fingerprint density at radius 2 is 2.35 bits per heavy atom. The Hall–Kier alpha value is -1.88. The van der Waals surface area contributed by atoms with Gasteiger partial charge >= 0.3 is 0 Å². The van der Waals surface area contributed by atoms with Crippen LogP contribution in [0.3, 0.4) is 0 Å². The monoisotopic (exact) mass is 271 g/mol. The molecule has 2 aromatic rings. The molecular formula is C15H21N5. The summed E-state index contributed by atoms with van der Waals surface area (Å²) in [6.45, 7) is 5.52. The summed E-state index contributed by atoms with van der Waals surface area (Å²) in [5, 5.41) is 0. The van der Waals surface area contributed by atoms with Gasteiger partial charge in [0.15, 0.2) is 0 Å². The van der Waals surface area contributed by atoms with Crippen molar-refractivity contribution in [2.24, 2.45) is 0 Å². The lowest BCUT2D eigenvalue weighted by Crippen LogP contribution is -2.32. The largest absolute Gasteiger partial charge is 0.383 e. The molecule has 1 aliphatic rings. The van der Waals surface area contributed by atoms with Crippen LogP contribution in [0.25, 0.3) is 11.3 Å². The highest BCUT2D eigenvalue weighted by Gasteiger charge is 2.24. The topological polar surface area (TPSA) is 60.0 Å².